The predicted molar refractivity (Wildman–Crippen MR) is 89.3 cm³/mol. The van der Waals surface area contributed by atoms with Crippen molar-refractivity contribution in [3.63, 3.8) is 0 Å². The van der Waals surface area contributed by atoms with Crippen molar-refractivity contribution >= 4 is 23.8 Å². The molecule has 2 aliphatic heterocycles. The summed E-state index contributed by atoms with van der Waals surface area (Å²) in [5, 5.41) is 4.79. The van der Waals surface area contributed by atoms with Crippen LogP contribution in [-0.4, -0.2) is 32.5 Å². The second kappa shape index (κ2) is 5.17. The Morgan fingerprint density at radius 2 is 2.17 bits per heavy atom. The SMILES string of the molecule is Clc1cnc2n1CCN(c1noc(-c3ccc4c(c3)CN=C4)n1)C2. The summed E-state index contributed by atoms with van der Waals surface area (Å²) in [6.07, 6.45) is 3.56. The lowest BCUT2D eigenvalue weighted by Gasteiger charge is -2.26. The van der Waals surface area contributed by atoms with Crippen LogP contribution >= 0.6 is 11.6 Å². The van der Waals surface area contributed by atoms with Gasteiger partial charge in [0.2, 0.25) is 0 Å². The van der Waals surface area contributed by atoms with Crippen LogP contribution in [-0.2, 0) is 19.6 Å². The highest BCUT2D eigenvalue weighted by molar-refractivity contribution is 6.29. The molecule has 0 N–H and O–H groups in total. The molecule has 24 heavy (non-hydrogen) atoms. The number of hydrogen-bond donors (Lipinski definition) is 0. The molecule has 7 nitrogen and oxygen atoms in total. The van der Waals surface area contributed by atoms with Gasteiger partial charge in [-0.3, -0.25) is 4.99 Å². The highest BCUT2D eigenvalue weighted by Gasteiger charge is 2.23. The van der Waals surface area contributed by atoms with Crippen molar-refractivity contribution in [1.29, 1.82) is 0 Å². The molecule has 0 amide bonds. The molecule has 5 rings (SSSR count). The van der Waals surface area contributed by atoms with E-state index in [4.69, 9.17) is 16.1 Å². The van der Waals surface area contributed by atoms with Crippen molar-refractivity contribution < 1.29 is 4.52 Å². The number of aromatic nitrogens is 4. The van der Waals surface area contributed by atoms with Crippen molar-refractivity contribution in [2.75, 3.05) is 11.4 Å². The molecule has 8 heteroatoms. The van der Waals surface area contributed by atoms with Crippen LogP contribution in [0.5, 0.6) is 0 Å². The van der Waals surface area contributed by atoms with Crippen LogP contribution in [0.1, 0.15) is 17.0 Å². The Bertz CT molecular complexity index is 959. The van der Waals surface area contributed by atoms with Crippen LogP contribution in [0.2, 0.25) is 5.15 Å². The van der Waals surface area contributed by atoms with Crippen molar-refractivity contribution in [2.45, 2.75) is 19.6 Å². The maximum Gasteiger partial charge on any atom is 0.266 e. The zero-order valence-electron chi connectivity index (χ0n) is 12.7. The molecule has 120 valence electrons. The molecular weight excluding hydrogens is 328 g/mol. The third kappa shape index (κ3) is 2.12. The van der Waals surface area contributed by atoms with E-state index in [1.54, 1.807) is 6.20 Å². The Labute approximate surface area is 142 Å². The predicted octanol–water partition coefficient (Wildman–Crippen LogP) is 2.54. The van der Waals surface area contributed by atoms with Gasteiger partial charge in [-0.15, -0.1) is 0 Å². The molecule has 0 spiro atoms. The molecule has 0 atom stereocenters. The van der Waals surface area contributed by atoms with E-state index in [-0.39, 0.29) is 0 Å². The number of halogens is 1. The first-order chi connectivity index (χ1) is 11.8. The lowest BCUT2D eigenvalue weighted by Crippen LogP contribution is -2.34. The van der Waals surface area contributed by atoms with Gasteiger partial charge in [0.15, 0.2) is 0 Å². The van der Waals surface area contributed by atoms with Crippen molar-refractivity contribution in [2.24, 2.45) is 4.99 Å². The molecule has 2 aliphatic rings. The summed E-state index contributed by atoms with van der Waals surface area (Å²) < 4.78 is 7.46. The molecule has 0 unspecified atom stereocenters. The molecule has 0 radical (unpaired) electrons. The van der Waals surface area contributed by atoms with E-state index in [1.807, 2.05) is 27.8 Å². The van der Waals surface area contributed by atoms with E-state index >= 15 is 0 Å². The number of imidazole rings is 1. The van der Waals surface area contributed by atoms with Crippen LogP contribution in [0, 0.1) is 0 Å². The Balaban J connectivity index is 1.42. The average Bonchev–Trinajstić information content (AvgIpc) is 3.33. The van der Waals surface area contributed by atoms with Gasteiger partial charge in [-0.25, -0.2) is 4.98 Å². The number of aliphatic imine (C=N–C) groups is 1. The molecule has 0 saturated carbocycles. The van der Waals surface area contributed by atoms with E-state index in [1.165, 1.54) is 5.56 Å². The molecule has 0 saturated heterocycles. The van der Waals surface area contributed by atoms with Gasteiger partial charge in [0.1, 0.15) is 11.0 Å². The monoisotopic (exact) mass is 340 g/mol. The smallest absolute Gasteiger partial charge is 0.266 e. The summed E-state index contributed by atoms with van der Waals surface area (Å²) in [7, 11) is 0. The second-order valence-electron chi connectivity index (χ2n) is 5.85. The van der Waals surface area contributed by atoms with Crippen molar-refractivity contribution in [3.8, 4) is 11.5 Å². The van der Waals surface area contributed by atoms with E-state index in [2.05, 4.69) is 26.2 Å². The lowest BCUT2D eigenvalue weighted by molar-refractivity contribution is 0.426. The molecule has 0 aliphatic carbocycles. The lowest BCUT2D eigenvalue weighted by atomic mass is 10.1. The van der Waals surface area contributed by atoms with Gasteiger partial charge in [-0.05, 0) is 28.4 Å². The maximum atomic E-state index is 6.10. The summed E-state index contributed by atoms with van der Waals surface area (Å²) in [6.45, 7) is 2.84. The Morgan fingerprint density at radius 1 is 1.21 bits per heavy atom. The molecule has 0 bridgehead atoms. The van der Waals surface area contributed by atoms with Crippen LogP contribution < -0.4 is 4.90 Å². The summed E-state index contributed by atoms with van der Waals surface area (Å²) in [4.78, 5) is 15.2. The Kier molecular flexibility index (Phi) is 2.96. The summed E-state index contributed by atoms with van der Waals surface area (Å²) in [6, 6.07) is 6.07. The topological polar surface area (TPSA) is 72.3 Å². The number of anilines is 1. The van der Waals surface area contributed by atoms with Crippen LogP contribution in [0.15, 0.2) is 33.9 Å². The van der Waals surface area contributed by atoms with E-state index < -0.39 is 0 Å². The third-order valence-electron chi connectivity index (χ3n) is 4.40. The first-order valence-electron chi connectivity index (χ1n) is 7.69. The van der Waals surface area contributed by atoms with Gasteiger partial charge in [-0.2, -0.15) is 4.98 Å². The summed E-state index contributed by atoms with van der Waals surface area (Å²) in [5.74, 6) is 2.01. The minimum Gasteiger partial charge on any atom is -0.332 e. The summed E-state index contributed by atoms with van der Waals surface area (Å²) >= 11 is 6.10. The van der Waals surface area contributed by atoms with Crippen molar-refractivity contribution in [3.05, 3.63) is 46.5 Å². The van der Waals surface area contributed by atoms with Gasteiger partial charge >= 0.3 is 0 Å². The van der Waals surface area contributed by atoms with Gasteiger partial charge < -0.3 is 14.0 Å². The number of benzene rings is 1. The van der Waals surface area contributed by atoms with E-state index in [0.717, 1.165) is 30.0 Å². The molecule has 3 aromatic rings. The zero-order valence-corrected chi connectivity index (χ0v) is 13.4. The quantitative estimate of drug-likeness (QED) is 0.716. The fourth-order valence-corrected chi connectivity index (χ4v) is 3.33. The Hall–Kier alpha value is -2.67. The zero-order chi connectivity index (χ0) is 16.1. The van der Waals surface area contributed by atoms with E-state index in [0.29, 0.717) is 30.1 Å². The van der Waals surface area contributed by atoms with Crippen LogP contribution in [0.4, 0.5) is 5.95 Å². The van der Waals surface area contributed by atoms with Gasteiger partial charge in [0.05, 0.1) is 19.3 Å². The molecule has 1 aromatic carbocycles. The fourth-order valence-electron chi connectivity index (χ4n) is 3.10. The maximum absolute atomic E-state index is 6.10. The Morgan fingerprint density at radius 3 is 3.12 bits per heavy atom. The first-order valence-corrected chi connectivity index (χ1v) is 8.07. The van der Waals surface area contributed by atoms with Gasteiger partial charge in [0, 0.05) is 24.9 Å². The standard InChI is InChI=1S/C16H13ClN6O/c17-13-8-19-14-9-22(3-4-23(13)14)16-20-15(24-21-16)10-1-2-11-6-18-7-12(11)5-10/h1-2,5-6,8H,3-4,7,9H2. The highest BCUT2D eigenvalue weighted by atomic mass is 35.5. The average molecular weight is 341 g/mol. The normalized spacial score (nSPS) is 15.6. The molecular formula is C16H13ClN6O. The first kappa shape index (κ1) is 13.7. The molecule has 4 heterocycles. The second-order valence-corrected chi connectivity index (χ2v) is 6.24. The fraction of sp³-hybridized carbons (Fsp3) is 0.250. The molecule has 2 aromatic heterocycles. The molecule has 0 fully saturated rings. The van der Waals surface area contributed by atoms with E-state index in [9.17, 15) is 0 Å². The third-order valence-corrected chi connectivity index (χ3v) is 4.70. The number of nitrogens with zero attached hydrogens (tertiary/aromatic N) is 6. The van der Waals surface area contributed by atoms with Gasteiger partial charge in [0.25, 0.3) is 11.8 Å². The minimum absolute atomic E-state index is 0.520. The largest absolute Gasteiger partial charge is 0.332 e. The number of fused-ring (bicyclic) bond motifs is 2. The highest BCUT2D eigenvalue weighted by Crippen LogP contribution is 2.26. The minimum atomic E-state index is 0.520. The number of hydrogen-bond acceptors (Lipinski definition) is 6. The van der Waals surface area contributed by atoms with Crippen LogP contribution in [0.25, 0.3) is 11.5 Å². The summed E-state index contributed by atoms with van der Waals surface area (Å²) in [5.41, 5.74) is 3.25. The number of rotatable bonds is 2. The van der Waals surface area contributed by atoms with Crippen molar-refractivity contribution in [1.82, 2.24) is 19.7 Å². The van der Waals surface area contributed by atoms with Crippen LogP contribution in [0.3, 0.4) is 0 Å². The van der Waals surface area contributed by atoms with Gasteiger partial charge in [-0.1, -0.05) is 17.7 Å².